The Morgan fingerprint density at radius 3 is 2.88 bits per heavy atom. The van der Waals surface area contributed by atoms with Gasteiger partial charge in [0.1, 0.15) is 16.9 Å². The van der Waals surface area contributed by atoms with Gasteiger partial charge in [-0.25, -0.2) is 9.37 Å². The number of amides is 1. The number of halogens is 3. The van der Waals surface area contributed by atoms with E-state index in [0.29, 0.717) is 5.01 Å². The highest BCUT2D eigenvalue weighted by Crippen LogP contribution is 2.32. The van der Waals surface area contributed by atoms with Gasteiger partial charge in [0.05, 0.1) is 21.0 Å². The molecule has 0 aliphatic carbocycles. The number of hydrogen-bond donors (Lipinski definition) is 2. The Morgan fingerprint density at radius 1 is 1.54 bits per heavy atom. The summed E-state index contributed by atoms with van der Waals surface area (Å²) in [5.41, 5.74) is 0.277. The lowest BCUT2D eigenvalue weighted by molar-refractivity contribution is -0.120. The van der Waals surface area contributed by atoms with E-state index in [0.717, 1.165) is 14.2 Å². The van der Waals surface area contributed by atoms with E-state index >= 15 is 0 Å². The molecule has 2 aromatic rings. The molecule has 12 heteroatoms. The summed E-state index contributed by atoms with van der Waals surface area (Å²) in [5.74, 6) is -1.15. The molecule has 1 aliphatic heterocycles. The summed E-state index contributed by atoms with van der Waals surface area (Å²) >= 11 is 10.3. The van der Waals surface area contributed by atoms with Crippen LogP contribution in [-0.2, 0) is 15.0 Å². The second kappa shape index (κ2) is 7.49. The van der Waals surface area contributed by atoms with Crippen molar-refractivity contribution in [3.05, 3.63) is 44.0 Å². The van der Waals surface area contributed by atoms with Crippen LogP contribution >= 0.6 is 38.9 Å². The van der Waals surface area contributed by atoms with E-state index in [1.54, 1.807) is 6.20 Å². The van der Waals surface area contributed by atoms with Crippen molar-refractivity contribution >= 4 is 60.7 Å². The lowest BCUT2D eigenvalue weighted by atomic mass is 10.1. The first-order valence-electron chi connectivity index (χ1n) is 7.30. The molecule has 2 heterocycles. The lowest BCUT2D eigenvalue weighted by Gasteiger charge is -2.35. The number of carbonyl (C=O) groups is 1. The van der Waals surface area contributed by atoms with Crippen LogP contribution < -0.4 is 10.0 Å². The average Bonchev–Trinajstić information content (AvgIpc) is 2.99. The van der Waals surface area contributed by atoms with E-state index < -0.39 is 34.0 Å². The van der Waals surface area contributed by atoms with Gasteiger partial charge in [0.15, 0.2) is 0 Å². The summed E-state index contributed by atoms with van der Waals surface area (Å²) in [6, 6.07) is 2.15. The normalized spacial score (nSPS) is 22.9. The van der Waals surface area contributed by atoms with E-state index in [9.17, 15) is 17.6 Å². The van der Waals surface area contributed by atoms with Crippen LogP contribution in [0.3, 0.4) is 0 Å². The van der Waals surface area contributed by atoms with Gasteiger partial charge in [0.25, 0.3) is 10.2 Å². The van der Waals surface area contributed by atoms with Crippen LogP contribution in [0, 0.1) is 5.82 Å². The van der Waals surface area contributed by atoms with Crippen molar-refractivity contribution in [3.63, 3.8) is 0 Å². The van der Waals surface area contributed by atoms with E-state index in [2.05, 4.69) is 31.0 Å². The third kappa shape index (κ3) is 4.07. The number of rotatable bonds is 3. The van der Waals surface area contributed by atoms with Crippen molar-refractivity contribution in [1.82, 2.24) is 14.0 Å². The van der Waals surface area contributed by atoms with Gasteiger partial charge in [-0.2, -0.15) is 17.4 Å². The molecule has 1 aliphatic rings. The Kier molecular flexibility index (Phi) is 5.66. The van der Waals surface area contributed by atoms with Crippen LogP contribution in [0.5, 0.6) is 0 Å². The van der Waals surface area contributed by atoms with Crippen molar-refractivity contribution in [2.24, 2.45) is 0 Å². The quantitative estimate of drug-likeness (QED) is 0.702. The van der Waals surface area contributed by atoms with Crippen molar-refractivity contribution in [3.8, 4) is 0 Å². The Bertz CT molecular complexity index is 955. The summed E-state index contributed by atoms with van der Waals surface area (Å²) in [7, 11) is -2.55. The fourth-order valence-electron chi connectivity index (χ4n) is 2.50. The molecule has 1 aromatic heterocycles. The number of aromatic nitrogens is 1. The Hall–Kier alpha value is -1.11. The monoisotopic (exact) mass is 482 g/mol. The molecule has 0 radical (unpaired) electrons. The molecule has 1 amide bonds. The molecule has 0 saturated carbocycles. The second-order valence-corrected chi connectivity index (χ2v) is 10.2. The van der Waals surface area contributed by atoms with Crippen molar-refractivity contribution in [1.29, 1.82) is 0 Å². The standard InChI is InChI=1S/C14H13BrClFN4O3S2/c1-21-11(13(22)19-7-2-3-9(17)8(16)4-7)5-10(20-26(21,23)24)14-18-6-12(15)25-14/h2-4,6,10-11,20H,5H2,1H3,(H,19,22)/t10-,11+/m0/s1. The average molecular weight is 484 g/mol. The summed E-state index contributed by atoms with van der Waals surface area (Å²) in [4.78, 5) is 16.8. The predicted octanol–water partition coefficient (Wildman–Crippen LogP) is 2.92. The highest BCUT2D eigenvalue weighted by Gasteiger charge is 2.41. The van der Waals surface area contributed by atoms with E-state index in [-0.39, 0.29) is 17.1 Å². The minimum Gasteiger partial charge on any atom is -0.325 e. The van der Waals surface area contributed by atoms with Crippen molar-refractivity contribution < 1.29 is 17.6 Å². The molecule has 140 valence electrons. The molecule has 3 rings (SSSR count). The SMILES string of the molecule is CN1[C@@H](C(=O)Nc2ccc(F)c(Cl)c2)C[C@@H](c2ncc(Br)s2)NS1(=O)=O. The maximum absolute atomic E-state index is 13.2. The number of likely N-dealkylation sites (N-methyl/N-ethyl adjacent to an activating group) is 1. The maximum Gasteiger partial charge on any atom is 0.280 e. The van der Waals surface area contributed by atoms with Crippen LogP contribution in [0.4, 0.5) is 10.1 Å². The van der Waals surface area contributed by atoms with E-state index in [4.69, 9.17) is 11.6 Å². The van der Waals surface area contributed by atoms with Gasteiger partial charge in [-0.1, -0.05) is 11.6 Å². The number of nitrogens with one attached hydrogen (secondary N) is 2. The molecule has 1 saturated heterocycles. The number of carbonyl (C=O) groups excluding carboxylic acids is 1. The van der Waals surface area contributed by atoms with E-state index in [1.165, 1.54) is 30.5 Å². The number of thiazole rings is 1. The van der Waals surface area contributed by atoms with E-state index in [1.807, 2.05) is 0 Å². The predicted molar refractivity (Wildman–Crippen MR) is 101 cm³/mol. The lowest BCUT2D eigenvalue weighted by Crippen LogP contribution is -2.55. The van der Waals surface area contributed by atoms with Gasteiger partial charge < -0.3 is 5.32 Å². The van der Waals surface area contributed by atoms with Gasteiger partial charge in [-0.05, 0) is 40.5 Å². The molecule has 1 fully saturated rings. The highest BCUT2D eigenvalue weighted by molar-refractivity contribution is 9.11. The summed E-state index contributed by atoms with van der Waals surface area (Å²) in [5, 5.41) is 2.99. The zero-order valence-electron chi connectivity index (χ0n) is 13.2. The van der Waals surface area contributed by atoms with Gasteiger partial charge >= 0.3 is 0 Å². The van der Waals surface area contributed by atoms with Crippen LogP contribution in [-0.4, -0.2) is 36.7 Å². The minimum absolute atomic E-state index is 0.139. The maximum atomic E-state index is 13.2. The van der Waals surface area contributed by atoms with Crippen LogP contribution in [0.1, 0.15) is 17.5 Å². The Labute approximate surface area is 166 Å². The van der Waals surface area contributed by atoms with Crippen LogP contribution in [0.2, 0.25) is 5.02 Å². The largest absolute Gasteiger partial charge is 0.325 e. The summed E-state index contributed by atoms with van der Waals surface area (Å²) in [6.45, 7) is 0. The molecule has 7 nitrogen and oxygen atoms in total. The van der Waals surface area contributed by atoms with Crippen molar-refractivity contribution in [2.45, 2.75) is 18.5 Å². The molecule has 2 atom stereocenters. The van der Waals surface area contributed by atoms with Gasteiger partial charge in [-0.3, -0.25) is 4.79 Å². The van der Waals surface area contributed by atoms with Gasteiger partial charge in [0.2, 0.25) is 5.91 Å². The minimum atomic E-state index is -3.86. The fraction of sp³-hybridized carbons (Fsp3) is 0.286. The van der Waals surface area contributed by atoms with Gasteiger partial charge in [-0.15, -0.1) is 11.3 Å². The van der Waals surface area contributed by atoms with Crippen LogP contribution in [0.25, 0.3) is 0 Å². The number of anilines is 1. The third-order valence-corrected chi connectivity index (χ3v) is 7.33. The molecular formula is C14H13BrClFN4O3S2. The molecular weight excluding hydrogens is 471 g/mol. The first-order valence-corrected chi connectivity index (χ1v) is 10.7. The molecule has 0 unspecified atom stereocenters. The summed E-state index contributed by atoms with van der Waals surface area (Å²) < 4.78 is 42.2. The number of benzene rings is 1. The first-order chi connectivity index (χ1) is 12.2. The first kappa shape index (κ1) is 19.6. The van der Waals surface area contributed by atoms with Gasteiger partial charge in [0, 0.05) is 12.7 Å². The molecule has 0 spiro atoms. The number of hydrogen-bond acceptors (Lipinski definition) is 5. The molecule has 26 heavy (non-hydrogen) atoms. The fourth-order valence-corrected chi connectivity index (χ4v) is 5.31. The topological polar surface area (TPSA) is 91.4 Å². The number of nitrogens with zero attached hydrogens (tertiary/aromatic N) is 2. The zero-order chi connectivity index (χ0) is 19.1. The zero-order valence-corrected chi connectivity index (χ0v) is 17.2. The smallest absolute Gasteiger partial charge is 0.280 e. The molecule has 2 N–H and O–H groups in total. The highest BCUT2D eigenvalue weighted by atomic mass is 79.9. The Morgan fingerprint density at radius 2 is 2.27 bits per heavy atom. The third-order valence-electron chi connectivity index (χ3n) is 3.85. The second-order valence-electron chi connectivity index (χ2n) is 5.56. The molecule has 1 aromatic carbocycles. The van der Waals surface area contributed by atoms with Crippen molar-refractivity contribution in [2.75, 3.05) is 12.4 Å². The Balaban J connectivity index is 1.83. The summed E-state index contributed by atoms with van der Waals surface area (Å²) in [6.07, 6.45) is 1.76. The molecule has 0 bridgehead atoms. The van der Waals surface area contributed by atoms with Crippen LogP contribution in [0.15, 0.2) is 28.2 Å².